The number of nitrogens with zero attached hydrogens (tertiary/aromatic N) is 1. The molecule has 1 fully saturated rings. The number of hydrogen-bond donors (Lipinski definition) is 6. The second-order valence-corrected chi connectivity index (χ2v) is 8.83. The summed E-state index contributed by atoms with van der Waals surface area (Å²) in [6.45, 7) is 0.0278. The summed E-state index contributed by atoms with van der Waals surface area (Å²) >= 11 is 0. The fraction of sp³-hybridized carbons (Fsp3) is 0.375. The fourth-order valence-corrected chi connectivity index (χ4v) is 5.15. The average Bonchev–Trinajstić information content (AvgIpc) is 3.08. The number of hydrogen-bond acceptors (Lipinski definition) is 7. The molecule has 0 aromatic heterocycles. The number of phenolic OH excluding ortho intramolecular Hbond substituents is 2. The van der Waals surface area contributed by atoms with Crippen LogP contribution in [0.15, 0.2) is 42.5 Å². The van der Waals surface area contributed by atoms with Crippen LogP contribution in [-0.4, -0.2) is 55.4 Å². The summed E-state index contributed by atoms with van der Waals surface area (Å²) in [5, 5.41) is 44.4. The Labute approximate surface area is 195 Å². The lowest BCUT2D eigenvalue weighted by molar-refractivity contribution is -0.185. The van der Waals surface area contributed by atoms with E-state index >= 15 is 0 Å². The van der Waals surface area contributed by atoms with Crippen molar-refractivity contribution in [3.8, 4) is 11.5 Å². The maximum atomic E-state index is 13.3. The van der Waals surface area contributed by atoms with Gasteiger partial charge in [0.1, 0.15) is 17.5 Å². The van der Waals surface area contributed by atoms with E-state index in [4.69, 9.17) is 10.8 Å². The van der Waals surface area contributed by atoms with Crippen LogP contribution in [0.1, 0.15) is 48.4 Å². The predicted molar refractivity (Wildman–Crippen MR) is 119 cm³/mol. The number of carbonyl (C=O) groups excluding carboxylic acids is 2. The SMILES string of the molecule is N[C@@]1(Cc2ccccc2)c2c(O)cc(O)cc2[C@H](C(=O)NCCCC(=O)O)N2C(=O)CC[C@]21O. The van der Waals surface area contributed by atoms with E-state index in [-0.39, 0.29) is 55.5 Å². The van der Waals surface area contributed by atoms with Gasteiger partial charge in [-0.15, -0.1) is 0 Å². The zero-order valence-electron chi connectivity index (χ0n) is 18.4. The molecule has 10 nitrogen and oxygen atoms in total. The van der Waals surface area contributed by atoms with Crippen LogP contribution >= 0.6 is 0 Å². The number of rotatable bonds is 7. The molecule has 0 bridgehead atoms. The summed E-state index contributed by atoms with van der Waals surface area (Å²) in [5.74, 6) is -2.91. The predicted octanol–water partition coefficient (Wildman–Crippen LogP) is 0.841. The van der Waals surface area contributed by atoms with Crippen LogP contribution in [0.2, 0.25) is 0 Å². The number of carboxylic acid groups (broad SMARTS) is 1. The summed E-state index contributed by atoms with van der Waals surface area (Å²) in [6, 6.07) is 10.0. The van der Waals surface area contributed by atoms with Crippen LogP contribution in [-0.2, 0) is 26.3 Å². The number of nitrogens with two attached hydrogens (primary N) is 1. The molecule has 2 aliphatic rings. The number of aliphatic carboxylic acids is 1. The Morgan fingerprint density at radius 3 is 2.56 bits per heavy atom. The van der Waals surface area contributed by atoms with Gasteiger partial charge in [0.25, 0.3) is 0 Å². The molecule has 0 spiro atoms. The maximum absolute atomic E-state index is 13.3. The smallest absolute Gasteiger partial charge is 0.303 e. The molecule has 1 saturated heterocycles. The van der Waals surface area contributed by atoms with Crippen molar-refractivity contribution in [1.82, 2.24) is 10.2 Å². The van der Waals surface area contributed by atoms with E-state index < -0.39 is 40.8 Å². The van der Waals surface area contributed by atoms with Gasteiger partial charge in [-0.05, 0) is 30.0 Å². The Morgan fingerprint density at radius 2 is 1.88 bits per heavy atom. The molecule has 34 heavy (non-hydrogen) atoms. The molecule has 2 aromatic rings. The summed E-state index contributed by atoms with van der Waals surface area (Å²) in [5.41, 5.74) is 4.11. The molecule has 0 aliphatic carbocycles. The van der Waals surface area contributed by atoms with E-state index in [0.29, 0.717) is 0 Å². The highest BCUT2D eigenvalue weighted by atomic mass is 16.4. The standard InChI is InChI=1S/C24H27N3O7/c25-23(13-14-5-2-1-3-6-14)20-16(11-15(28)12-17(20)29)21(22(33)26-10-4-7-19(31)32)27-18(30)8-9-24(23,27)34/h1-3,5-6,11-12,21,28-29,34H,4,7-10,13,25H2,(H,26,33)(H,31,32)/t21-,23+,24-/m1/s1. The van der Waals surface area contributed by atoms with Gasteiger partial charge in [-0.2, -0.15) is 0 Å². The lowest BCUT2D eigenvalue weighted by Crippen LogP contribution is -2.70. The van der Waals surface area contributed by atoms with E-state index in [9.17, 15) is 29.7 Å². The van der Waals surface area contributed by atoms with Crippen molar-refractivity contribution >= 4 is 17.8 Å². The Hall–Kier alpha value is -3.63. The van der Waals surface area contributed by atoms with Crippen LogP contribution in [0.5, 0.6) is 11.5 Å². The minimum absolute atomic E-state index is 0.0278. The van der Waals surface area contributed by atoms with Crippen molar-refractivity contribution in [3.05, 3.63) is 59.2 Å². The molecule has 10 heteroatoms. The zero-order chi connectivity index (χ0) is 24.7. The summed E-state index contributed by atoms with van der Waals surface area (Å²) in [7, 11) is 0. The normalized spacial score (nSPS) is 25.5. The Morgan fingerprint density at radius 1 is 1.18 bits per heavy atom. The molecule has 0 saturated carbocycles. The molecule has 3 atom stereocenters. The highest BCUT2D eigenvalue weighted by molar-refractivity contribution is 5.92. The molecular weight excluding hydrogens is 442 g/mol. The van der Waals surface area contributed by atoms with Crippen LogP contribution in [0, 0.1) is 0 Å². The zero-order valence-corrected chi connectivity index (χ0v) is 18.4. The lowest BCUT2D eigenvalue weighted by Gasteiger charge is -2.54. The van der Waals surface area contributed by atoms with Crippen molar-refractivity contribution in [1.29, 1.82) is 0 Å². The minimum Gasteiger partial charge on any atom is -0.508 e. The van der Waals surface area contributed by atoms with Gasteiger partial charge in [0.15, 0.2) is 5.72 Å². The van der Waals surface area contributed by atoms with Gasteiger partial charge in [-0.1, -0.05) is 30.3 Å². The van der Waals surface area contributed by atoms with Gasteiger partial charge < -0.3 is 31.5 Å². The maximum Gasteiger partial charge on any atom is 0.303 e. The number of fused-ring (bicyclic) bond motifs is 2. The monoisotopic (exact) mass is 469 g/mol. The third-order valence-corrected chi connectivity index (χ3v) is 6.64. The van der Waals surface area contributed by atoms with Gasteiger partial charge in [-0.25, -0.2) is 0 Å². The number of amides is 2. The summed E-state index contributed by atoms with van der Waals surface area (Å²) < 4.78 is 0. The molecule has 4 rings (SSSR count). The first kappa shape index (κ1) is 23.5. The van der Waals surface area contributed by atoms with Crippen molar-refractivity contribution < 1.29 is 34.8 Å². The quantitative estimate of drug-likeness (QED) is 0.324. The topological polar surface area (TPSA) is 173 Å². The van der Waals surface area contributed by atoms with Crippen LogP contribution in [0.4, 0.5) is 0 Å². The van der Waals surface area contributed by atoms with Gasteiger partial charge in [0.2, 0.25) is 11.8 Å². The fourth-order valence-electron chi connectivity index (χ4n) is 5.15. The Bertz CT molecular complexity index is 1140. The molecule has 2 aliphatic heterocycles. The first-order valence-electron chi connectivity index (χ1n) is 11.0. The number of carbonyl (C=O) groups is 3. The number of aliphatic hydroxyl groups is 1. The highest BCUT2D eigenvalue weighted by Gasteiger charge is 2.65. The summed E-state index contributed by atoms with van der Waals surface area (Å²) in [6.07, 6.45) is -0.0600. The Balaban J connectivity index is 1.84. The second kappa shape index (κ2) is 8.62. The van der Waals surface area contributed by atoms with E-state index in [0.717, 1.165) is 16.5 Å². The van der Waals surface area contributed by atoms with Crippen molar-refractivity contribution in [2.24, 2.45) is 5.73 Å². The molecule has 2 aromatic carbocycles. The molecular formula is C24H27N3O7. The second-order valence-electron chi connectivity index (χ2n) is 8.83. The first-order chi connectivity index (χ1) is 16.1. The largest absolute Gasteiger partial charge is 0.508 e. The van der Waals surface area contributed by atoms with Gasteiger partial charge in [-0.3, -0.25) is 19.3 Å². The number of phenols is 2. The molecule has 2 heterocycles. The molecule has 0 unspecified atom stereocenters. The number of benzene rings is 2. The van der Waals surface area contributed by atoms with Crippen LogP contribution in [0.3, 0.4) is 0 Å². The van der Waals surface area contributed by atoms with Crippen LogP contribution in [0.25, 0.3) is 0 Å². The molecule has 2 amide bonds. The first-order valence-corrected chi connectivity index (χ1v) is 11.0. The molecule has 0 radical (unpaired) electrons. The van der Waals surface area contributed by atoms with E-state index in [1.807, 2.05) is 6.07 Å². The number of aromatic hydroxyl groups is 2. The van der Waals surface area contributed by atoms with Gasteiger partial charge in [0.05, 0.1) is 5.54 Å². The Kier molecular flexibility index (Phi) is 5.96. The summed E-state index contributed by atoms with van der Waals surface area (Å²) in [4.78, 5) is 38.1. The molecule has 7 N–H and O–H groups in total. The lowest BCUT2D eigenvalue weighted by atomic mass is 9.68. The van der Waals surface area contributed by atoms with Gasteiger partial charge in [0, 0.05) is 37.4 Å². The van der Waals surface area contributed by atoms with Crippen LogP contribution < -0.4 is 11.1 Å². The minimum atomic E-state index is -2.00. The number of nitrogens with one attached hydrogen (secondary N) is 1. The van der Waals surface area contributed by atoms with Crippen molar-refractivity contribution in [3.63, 3.8) is 0 Å². The van der Waals surface area contributed by atoms with Crippen molar-refractivity contribution in [2.75, 3.05) is 6.54 Å². The molecule has 180 valence electrons. The average molecular weight is 469 g/mol. The van der Waals surface area contributed by atoms with E-state index in [2.05, 4.69) is 5.32 Å². The number of carboxylic acids is 1. The van der Waals surface area contributed by atoms with E-state index in [1.54, 1.807) is 24.3 Å². The third kappa shape index (κ3) is 3.74. The highest BCUT2D eigenvalue weighted by Crippen LogP contribution is 2.56. The van der Waals surface area contributed by atoms with E-state index in [1.165, 1.54) is 6.07 Å². The van der Waals surface area contributed by atoms with Crippen molar-refractivity contribution in [2.45, 2.75) is 49.4 Å². The third-order valence-electron chi connectivity index (χ3n) is 6.64. The van der Waals surface area contributed by atoms with Gasteiger partial charge >= 0.3 is 5.97 Å².